The van der Waals surface area contributed by atoms with Crippen molar-refractivity contribution in [2.45, 2.75) is 135 Å². The van der Waals surface area contributed by atoms with E-state index in [1.165, 1.54) is 44.1 Å². The van der Waals surface area contributed by atoms with Crippen LogP contribution in [0.1, 0.15) is 116 Å². The van der Waals surface area contributed by atoms with E-state index in [0.717, 1.165) is 58.4 Å². The number of hydrogen-bond donors (Lipinski definition) is 0. The third-order valence-corrected chi connectivity index (χ3v) is 17.5. The van der Waals surface area contributed by atoms with Crippen LogP contribution in [0.25, 0.3) is 0 Å². The molecule has 0 radical (unpaired) electrons. The second kappa shape index (κ2) is 15.3. The topological polar surface area (TPSA) is 0 Å². The minimum absolute atomic E-state index is 0. The Morgan fingerprint density at radius 3 is 1.90 bits per heavy atom. The Balaban J connectivity index is 0.00000107. The van der Waals surface area contributed by atoms with Crippen molar-refractivity contribution in [1.29, 1.82) is 0 Å². The number of fused-ring (bicyclic) bond motifs is 2. The van der Waals surface area contributed by atoms with Gasteiger partial charge in [0, 0.05) is 0 Å². The van der Waals surface area contributed by atoms with E-state index in [4.69, 9.17) is 17.0 Å². The number of halogens is 2. The Morgan fingerprint density at radius 2 is 1.35 bits per heavy atom. The standard InChI is InChI=1S/C34H56Si.2CH3.2ClH.Zr/c1-22(2)30-21-32(28-13-10-9-12-27(28)30)35(7,8)33-23(3)20-31-26(14-11-15-29(31)33)24-16-18-25(19-17-24)34(4,5)6;;;;;/h16-19,22-23,26-33H,9-15,20-21H2,1-8H3;2*1H3;2*1H;/q;2*-1;;;+4/p-2. The first-order valence-corrected chi connectivity index (χ1v) is 25.5. The summed E-state index contributed by atoms with van der Waals surface area (Å²) in [5, 5.41) is 0. The fraction of sp³-hybridized carbons (Fsp3) is 0.778. The molecule has 0 amide bonds. The summed E-state index contributed by atoms with van der Waals surface area (Å²) in [4.78, 5) is 0. The van der Waals surface area contributed by atoms with Gasteiger partial charge in [0.05, 0.1) is 8.07 Å². The molecule has 0 aliphatic heterocycles. The molecule has 0 heterocycles. The number of hydrogen-bond acceptors (Lipinski definition) is 0. The van der Waals surface area contributed by atoms with Gasteiger partial charge in [-0.15, -0.1) is 0 Å². The summed E-state index contributed by atoms with van der Waals surface area (Å²) in [5.41, 5.74) is 5.55. The van der Waals surface area contributed by atoms with Gasteiger partial charge in [-0.05, 0) is 101 Å². The SMILES string of the molecule is CC(C)C1CC([Si](C)(C)C2C(C)CC3C(c4ccc(C(C)(C)C)cc4)CCCC32)C2CCCCC12.[CH3-].[CH3-].[Cl][Zr+2][Cl]. The average Bonchev–Trinajstić information content (AvgIpc) is 3.42. The number of benzene rings is 1. The van der Waals surface area contributed by atoms with Gasteiger partial charge in [-0.1, -0.05) is 111 Å². The van der Waals surface area contributed by atoms with E-state index in [0.29, 0.717) is 0 Å². The molecule has 0 bridgehead atoms. The van der Waals surface area contributed by atoms with Crippen molar-refractivity contribution in [3.63, 3.8) is 0 Å². The van der Waals surface area contributed by atoms with Crippen LogP contribution in [0.3, 0.4) is 0 Å². The van der Waals surface area contributed by atoms with Gasteiger partial charge >= 0.3 is 37.9 Å². The van der Waals surface area contributed by atoms with Crippen LogP contribution in [0.15, 0.2) is 24.3 Å². The van der Waals surface area contributed by atoms with Gasteiger partial charge in [-0.2, -0.15) is 0 Å². The summed E-state index contributed by atoms with van der Waals surface area (Å²) in [6.45, 7) is 20.6. The van der Waals surface area contributed by atoms with E-state index in [-0.39, 0.29) is 20.3 Å². The van der Waals surface area contributed by atoms with Gasteiger partial charge < -0.3 is 14.9 Å². The van der Waals surface area contributed by atoms with E-state index in [1.54, 1.807) is 24.8 Å². The summed E-state index contributed by atoms with van der Waals surface area (Å²) in [7, 11) is 8.50. The summed E-state index contributed by atoms with van der Waals surface area (Å²) in [6, 6.07) is 9.93. The zero-order valence-corrected chi connectivity index (χ0v) is 32.7. The van der Waals surface area contributed by atoms with E-state index in [1.807, 2.05) is 0 Å². The normalized spacial score (nSPS) is 35.3. The first-order chi connectivity index (χ1) is 17.9. The Morgan fingerprint density at radius 1 is 0.800 bits per heavy atom. The maximum absolute atomic E-state index is 4.93. The van der Waals surface area contributed by atoms with Crippen molar-refractivity contribution in [2.24, 2.45) is 41.4 Å². The van der Waals surface area contributed by atoms with Crippen LogP contribution < -0.4 is 0 Å². The van der Waals surface area contributed by atoms with Crippen molar-refractivity contribution in [1.82, 2.24) is 0 Å². The van der Waals surface area contributed by atoms with Gasteiger partial charge in [0.25, 0.3) is 0 Å². The van der Waals surface area contributed by atoms with Crippen LogP contribution in [0.4, 0.5) is 0 Å². The molecule has 1 aromatic carbocycles. The van der Waals surface area contributed by atoms with Crippen LogP contribution in [0.5, 0.6) is 0 Å². The first-order valence-electron chi connectivity index (χ1n) is 16.0. The molecular weight excluding hydrogens is 623 g/mol. The molecule has 0 spiro atoms. The molecule has 4 aliphatic carbocycles. The zero-order valence-electron chi connectivity index (χ0n) is 27.7. The molecular formula is C36H62Cl2SiZr. The molecule has 0 nitrogen and oxygen atoms in total. The van der Waals surface area contributed by atoms with Crippen LogP contribution in [0, 0.1) is 56.3 Å². The van der Waals surface area contributed by atoms with Gasteiger partial charge in [0.1, 0.15) is 0 Å². The summed E-state index contributed by atoms with van der Waals surface area (Å²) in [5.74, 6) is 7.76. The van der Waals surface area contributed by atoms with Gasteiger partial charge in [-0.3, -0.25) is 0 Å². The molecule has 0 saturated heterocycles. The molecule has 9 atom stereocenters. The van der Waals surface area contributed by atoms with E-state index in [9.17, 15) is 0 Å². The van der Waals surface area contributed by atoms with Gasteiger partial charge in [-0.25, -0.2) is 0 Å². The van der Waals surface area contributed by atoms with E-state index in [2.05, 4.69) is 78.9 Å². The van der Waals surface area contributed by atoms with Crippen molar-refractivity contribution < 1.29 is 20.8 Å². The van der Waals surface area contributed by atoms with Crippen LogP contribution in [-0.2, 0) is 26.3 Å². The molecule has 0 aromatic heterocycles. The molecule has 4 saturated carbocycles. The van der Waals surface area contributed by atoms with Crippen LogP contribution in [-0.4, -0.2) is 8.07 Å². The number of rotatable bonds is 4. The monoisotopic (exact) mass is 682 g/mol. The average molecular weight is 685 g/mol. The molecule has 4 heteroatoms. The Hall–Kier alpha value is 0.900. The van der Waals surface area contributed by atoms with E-state index < -0.39 is 28.9 Å². The van der Waals surface area contributed by atoms with E-state index >= 15 is 0 Å². The fourth-order valence-electron chi connectivity index (χ4n) is 10.7. The third kappa shape index (κ3) is 7.57. The summed E-state index contributed by atoms with van der Waals surface area (Å²) < 4.78 is 0. The maximum atomic E-state index is 4.93. The predicted molar refractivity (Wildman–Crippen MR) is 180 cm³/mol. The second-order valence-electron chi connectivity index (χ2n) is 15.7. The molecule has 228 valence electrons. The van der Waals surface area contributed by atoms with Crippen molar-refractivity contribution in [3.8, 4) is 0 Å². The summed E-state index contributed by atoms with van der Waals surface area (Å²) >= 11 is -0.826. The predicted octanol–water partition coefficient (Wildman–Crippen LogP) is 12.7. The quantitative estimate of drug-likeness (QED) is 0.219. The van der Waals surface area contributed by atoms with Gasteiger partial charge in [0.2, 0.25) is 0 Å². The van der Waals surface area contributed by atoms with Gasteiger partial charge in [0.15, 0.2) is 0 Å². The molecule has 4 fully saturated rings. The molecule has 1 aromatic rings. The van der Waals surface area contributed by atoms with Crippen molar-refractivity contribution in [2.75, 3.05) is 0 Å². The van der Waals surface area contributed by atoms with Crippen molar-refractivity contribution >= 4 is 25.1 Å². The Labute approximate surface area is 270 Å². The minimum atomic E-state index is -1.37. The molecule has 4 aliphatic rings. The Bertz CT molecular complexity index is 891. The Kier molecular flexibility index (Phi) is 14.1. The van der Waals surface area contributed by atoms with Crippen molar-refractivity contribution in [3.05, 3.63) is 50.2 Å². The molecule has 0 N–H and O–H groups in total. The van der Waals surface area contributed by atoms with Crippen LogP contribution >= 0.6 is 17.0 Å². The fourth-order valence-corrected chi connectivity index (χ4v) is 16.8. The first kappa shape index (κ1) is 37.1. The second-order valence-corrected chi connectivity index (χ2v) is 24.5. The summed E-state index contributed by atoms with van der Waals surface area (Å²) in [6.07, 6.45) is 13.7. The zero-order chi connectivity index (χ0) is 27.8. The molecule has 40 heavy (non-hydrogen) atoms. The molecule has 5 rings (SSSR count). The molecule has 9 unspecified atom stereocenters. The van der Waals surface area contributed by atoms with Crippen LogP contribution in [0.2, 0.25) is 24.2 Å². The third-order valence-electron chi connectivity index (χ3n) is 12.2.